The monoisotopic (exact) mass is 269 g/mol. The van der Waals surface area contributed by atoms with Crippen LogP contribution in [0.15, 0.2) is 36.5 Å². The lowest BCUT2D eigenvalue weighted by molar-refractivity contribution is 0.521. The van der Waals surface area contributed by atoms with E-state index in [1.165, 1.54) is 5.56 Å². The van der Waals surface area contributed by atoms with Gasteiger partial charge >= 0.3 is 0 Å². The molecule has 0 saturated carbocycles. The van der Waals surface area contributed by atoms with Gasteiger partial charge in [-0.3, -0.25) is 9.97 Å². The van der Waals surface area contributed by atoms with Crippen LogP contribution < -0.4 is 5.32 Å². The first-order chi connectivity index (χ1) is 9.70. The lowest BCUT2D eigenvalue weighted by Crippen LogP contribution is -2.25. The largest absolute Gasteiger partial charge is 0.310 e. The maximum Gasteiger partial charge on any atom is 0.0638 e. The molecule has 106 valence electrons. The number of aryl methyl sites for hydroxylation is 2. The van der Waals surface area contributed by atoms with Crippen LogP contribution in [0.2, 0.25) is 0 Å². The molecular weight excluding hydrogens is 246 g/mol. The standard InChI is InChI=1S/C17H23N3/c1-4-10-18-17(15-8-6-5-7-9-15)11-16-14(3)19-12-13(2)20-16/h5-9,12,17-18H,4,10-11H2,1-3H3. The van der Waals surface area contributed by atoms with Crippen molar-refractivity contribution >= 4 is 0 Å². The lowest BCUT2D eigenvalue weighted by Gasteiger charge is -2.19. The fourth-order valence-electron chi connectivity index (χ4n) is 2.29. The van der Waals surface area contributed by atoms with Gasteiger partial charge in [0.2, 0.25) is 0 Å². The lowest BCUT2D eigenvalue weighted by atomic mass is 10.0. The van der Waals surface area contributed by atoms with E-state index >= 15 is 0 Å². The molecular formula is C17H23N3. The summed E-state index contributed by atoms with van der Waals surface area (Å²) in [6.45, 7) is 7.22. The summed E-state index contributed by atoms with van der Waals surface area (Å²) in [7, 11) is 0. The van der Waals surface area contributed by atoms with Crippen molar-refractivity contribution in [1.82, 2.24) is 15.3 Å². The SMILES string of the molecule is CCCNC(Cc1nc(C)cnc1C)c1ccccc1. The van der Waals surface area contributed by atoms with Crippen molar-refractivity contribution < 1.29 is 0 Å². The third-order valence-electron chi connectivity index (χ3n) is 3.41. The van der Waals surface area contributed by atoms with E-state index in [1.54, 1.807) is 0 Å². The van der Waals surface area contributed by atoms with Crippen LogP contribution in [0.5, 0.6) is 0 Å². The zero-order valence-corrected chi connectivity index (χ0v) is 12.6. The van der Waals surface area contributed by atoms with E-state index < -0.39 is 0 Å². The van der Waals surface area contributed by atoms with Gasteiger partial charge in [-0.05, 0) is 32.4 Å². The van der Waals surface area contributed by atoms with E-state index in [2.05, 4.69) is 52.5 Å². The molecule has 20 heavy (non-hydrogen) atoms. The summed E-state index contributed by atoms with van der Waals surface area (Å²) in [5, 5.41) is 3.61. The molecule has 2 rings (SSSR count). The van der Waals surface area contributed by atoms with Crippen molar-refractivity contribution in [3.63, 3.8) is 0 Å². The number of aromatic nitrogens is 2. The van der Waals surface area contributed by atoms with Crippen molar-refractivity contribution in [2.75, 3.05) is 6.54 Å². The highest BCUT2D eigenvalue weighted by atomic mass is 14.9. The highest BCUT2D eigenvalue weighted by molar-refractivity contribution is 5.22. The number of nitrogens with zero attached hydrogens (tertiary/aromatic N) is 2. The quantitative estimate of drug-likeness (QED) is 0.873. The second-order valence-electron chi connectivity index (χ2n) is 5.17. The van der Waals surface area contributed by atoms with Gasteiger partial charge in [0, 0.05) is 18.7 Å². The Kier molecular flexibility index (Phi) is 5.24. The van der Waals surface area contributed by atoms with Gasteiger partial charge in [0.05, 0.1) is 17.1 Å². The topological polar surface area (TPSA) is 37.8 Å². The molecule has 0 bridgehead atoms. The Morgan fingerprint density at radius 3 is 2.60 bits per heavy atom. The molecule has 0 amide bonds. The van der Waals surface area contributed by atoms with Gasteiger partial charge in [-0.25, -0.2) is 0 Å². The van der Waals surface area contributed by atoms with E-state index in [1.807, 2.05) is 20.0 Å². The summed E-state index contributed by atoms with van der Waals surface area (Å²) in [6, 6.07) is 10.9. The summed E-state index contributed by atoms with van der Waals surface area (Å²) < 4.78 is 0. The number of hydrogen-bond donors (Lipinski definition) is 1. The zero-order valence-electron chi connectivity index (χ0n) is 12.6. The highest BCUT2D eigenvalue weighted by Crippen LogP contribution is 2.18. The molecule has 1 heterocycles. The van der Waals surface area contributed by atoms with Gasteiger partial charge in [0.25, 0.3) is 0 Å². The first-order valence-corrected chi connectivity index (χ1v) is 7.28. The second kappa shape index (κ2) is 7.15. The average Bonchev–Trinajstić information content (AvgIpc) is 2.48. The van der Waals surface area contributed by atoms with E-state index in [9.17, 15) is 0 Å². The Labute approximate surface area is 121 Å². The normalized spacial score (nSPS) is 12.3. The van der Waals surface area contributed by atoms with Crippen LogP contribution in [0.3, 0.4) is 0 Å². The Bertz CT molecular complexity index is 537. The summed E-state index contributed by atoms with van der Waals surface area (Å²) in [5.41, 5.74) is 4.40. The summed E-state index contributed by atoms with van der Waals surface area (Å²) >= 11 is 0. The zero-order chi connectivity index (χ0) is 14.4. The van der Waals surface area contributed by atoms with Crippen LogP contribution in [-0.4, -0.2) is 16.5 Å². The predicted molar refractivity (Wildman–Crippen MR) is 82.7 cm³/mol. The van der Waals surface area contributed by atoms with Crippen LogP contribution in [-0.2, 0) is 6.42 Å². The Morgan fingerprint density at radius 1 is 1.15 bits per heavy atom. The van der Waals surface area contributed by atoms with E-state index in [4.69, 9.17) is 0 Å². The Balaban J connectivity index is 2.21. The molecule has 0 aliphatic carbocycles. The fourth-order valence-corrected chi connectivity index (χ4v) is 2.29. The third-order valence-corrected chi connectivity index (χ3v) is 3.41. The third kappa shape index (κ3) is 3.87. The van der Waals surface area contributed by atoms with Gasteiger partial charge < -0.3 is 5.32 Å². The van der Waals surface area contributed by atoms with Gasteiger partial charge in [-0.15, -0.1) is 0 Å². The van der Waals surface area contributed by atoms with Gasteiger partial charge in [-0.2, -0.15) is 0 Å². The minimum atomic E-state index is 0.297. The number of rotatable bonds is 6. The number of hydrogen-bond acceptors (Lipinski definition) is 3. The minimum Gasteiger partial charge on any atom is -0.310 e. The number of nitrogens with one attached hydrogen (secondary N) is 1. The van der Waals surface area contributed by atoms with Crippen molar-refractivity contribution in [2.45, 2.75) is 39.7 Å². The predicted octanol–water partition coefficient (Wildman–Crippen LogP) is 3.38. The summed E-state index contributed by atoms with van der Waals surface area (Å²) in [6.07, 6.45) is 3.84. The molecule has 0 radical (unpaired) electrons. The molecule has 1 unspecified atom stereocenters. The maximum atomic E-state index is 4.64. The van der Waals surface area contributed by atoms with Crippen molar-refractivity contribution in [2.24, 2.45) is 0 Å². The van der Waals surface area contributed by atoms with Gasteiger partial charge in [-0.1, -0.05) is 37.3 Å². The van der Waals surface area contributed by atoms with Crippen LogP contribution in [0.4, 0.5) is 0 Å². The molecule has 0 saturated heterocycles. The molecule has 0 fully saturated rings. The van der Waals surface area contributed by atoms with Crippen LogP contribution in [0, 0.1) is 13.8 Å². The van der Waals surface area contributed by atoms with E-state index in [0.717, 1.165) is 36.5 Å². The Morgan fingerprint density at radius 2 is 1.90 bits per heavy atom. The molecule has 0 aliphatic heterocycles. The van der Waals surface area contributed by atoms with E-state index in [-0.39, 0.29) is 0 Å². The molecule has 0 aliphatic rings. The fraction of sp³-hybridized carbons (Fsp3) is 0.412. The molecule has 1 aromatic heterocycles. The van der Waals surface area contributed by atoms with Gasteiger partial charge in [0.1, 0.15) is 0 Å². The first-order valence-electron chi connectivity index (χ1n) is 7.28. The second-order valence-corrected chi connectivity index (χ2v) is 5.17. The molecule has 1 N–H and O–H groups in total. The van der Waals surface area contributed by atoms with Crippen molar-refractivity contribution in [3.8, 4) is 0 Å². The highest BCUT2D eigenvalue weighted by Gasteiger charge is 2.14. The maximum absolute atomic E-state index is 4.64. The van der Waals surface area contributed by atoms with Crippen LogP contribution in [0.1, 0.15) is 42.0 Å². The number of benzene rings is 1. The molecule has 2 aromatic rings. The molecule has 3 nitrogen and oxygen atoms in total. The average molecular weight is 269 g/mol. The van der Waals surface area contributed by atoms with E-state index in [0.29, 0.717) is 6.04 Å². The van der Waals surface area contributed by atoms with Crippen LogP contribution in [0.25, 0.3) is 0 Å². The molecule has 0 spiro atoms. The van der Waals surface area contributed by atoms with Gasteiger partial charge in [0.15, 0.2) is 0 Å². The first kappa shape index (κ1) is 14.7. The molecule has 1 aromatic carbocycles. The smallest absolute Gasteiger partial charge is 0.0638 e. The molecule has 1 atom stereocenters. The Hall–Kier alpha value is -1.74. The summed E-state index contributed by atoms with van der Waals surface area (Å²) in [5.74, 6) is 0. The minimum absolute atomic E-state index is 0.297. The molecule has 3 heteroatoms. The van der Waals surface area contributed by atoms with Crippen LogP contribution >= 0.6 is 0 Å². The summed E-state index contributed by atoms with van der Waals surface area (Å²) in [4.78, 5) is 9.06. The van der Waals surface area contributed by atoms with Crippen molar-refractivity contribution in [3.05, 3.63) is 59.2 Å². The van der Waals surface area contributed by atoms with Crippen molar-refractivity contribution in [1.29, 1.82) is 0 Å².